The zero-order valence-corrected chi connectivity index (χ0v) is 24.9. The van der Waals surface area contributed by atoms with Crippen LogP contribution >= 0.6 is 0 Å². The first-order valence-corrected chi connectivity index (χ1v) is 15.3. The Bertz CT molecular complexity index is 1630. The van der Waals surface area contributed by atoms with E-state index in [1.54, 1.807) is 60.7 Å². The number of nitrogens with zero attached hydrogens (tertiary/aromatic N) is 1. The third-order valence-corrected chi connectivity index (χ3v) is 7.62. The highest BCUT2D eigenvalue weighted by Gasteiger charge is 2.21. The Morgan fingerprint density at radius 2 is 1.40 bits per heavy atom. The lowest BCUT2D eigenvalue weighted by molar-refractivity contribution is -0.114. The van der Waals surface area contributed by atoms with Crippen molar-refractivity contribution in [3.63, 3.8) is 0 Å². The molecule has 0 saturated carbocycles. The average Bonchev–Trinajstić information content (AvgIpc) is 2.95. The molecule has 4 rings (SSSR count). The molecule has 4 aromatic carbocycles. The van der Waals surface area contributed by atoms with Gasteiger partial charge in [-0.15, -0.1) is 0 Å². The number of ether oxygens (including phenoxy) is 1. The fourth-order valence-corrected chi connectivity index (χ4v) is 5.04. The van der Waals surface area contributed by atoms with Gasteiger partial charge in [-0.25, -0.2) is 8.42 Å². The van der Waals surface area contributed by atoms with Crippen LogP contribution in [0.4, 0.5) is 17.1 Å². The highest BCUT2D eigenvalue weighted by atomic mass is 32.2. The van der Waals surface area contributed by atoms with Gasteiger partial charge in [0.2, 0.25) is 15.9 Å². The van der Waals surface area contributed by atoms with Gasteiger partial charge in [0.05, 0.1) is 11.9 Å². The minimum absolute atomic E-state index is 0.0192. The van der Waals surface area contributed by atoms with Crippen molar-refractivity contribution in [3.05, 3.63) is 120 Å². The number of rotatable bonds is 10. The molecule has 0 aliphatic rings. The lowest BCUT2D eigenvalue weighted by Crippen LogP contribution is -2.37. The van der Waals surface area contributed by atoms with E-state index < -0.39 is 22.5 Å². The van der Waals surface area contributed by atoms with E-state index in [2.05, 4.69) is 31.4 Å². The summed E-state index contributed by atoms with van der Waals surface area (Å²) in [5, 5.41) is 5.56. The molecule has 0 bridgehead atoms. The van der Waals surface area contributed by atoms with Gasteiger partial charge in [0.1, 0.15) is 18.9 Å². The minimum Gasteiger partial charge on any atom is -0.489 e. The SMILES string of the molecule is CC(C)(C)c1ccc(C(=O)Nc2cccc(NC(=O)CN(c3ccc(OCc4ccccc4)cc3)S(C)(=O)=O)c2)cc1. The number of carbonyl (C=O) groups excluding carboxylic acids is 2. The van der Waals surface area contributed by atoms with E-state index in [1.165, 1.54) is 0 Å². The number of nitrogens with one attached hydrogen (secondary N) is 2. The molecule has 0 aromatic heterocycles. The molecule has 0 aliphatic carbocycles. The van der Waals surface area contributed by atoms with Crippen molar-refractivity contribution in [2.24, 2.45) is 0 Å². The van der Waals surface area contributed by atoms with Crippen molar-refractivity contribution in [1.82, 2.24) is 0 Å². The van der Waals surface area contributed by atoms with Crippen LogP contribution in [0.25, 0.3) is 0 Å². The van der Waals surface area contributed by atoms with Gasteiger partial charge in [0.15, 0.2) is 0 Å². The van der Waals surface area contributed by atoms with E-state index in [1.807, 2.05) is 42.5 Å². The summed E-state index contributed by atoms with van der Waals surface area (Å²) in [6, 6.07) is 30.3. The summed E-state index contributed by atoms with van der Waals surface area (Å²) in [5.41, 5.74) is 3.86. The molecule has 0 atom stereocenters. The first-order chi connectivity index (χ1) is 19.9. The van der Waals surface area contributed by atoms with Crippen molar-refractivity contribution in [2.45, 2.75) is 32.8 Å². The van der Waals surface area contributed by atoms with Crippen molar-refractivity contribution in [3.8, 4) is 5.75 Å². The van der Waals surface area contributed by atoms with Crippen LogP contribution in [0.15, 0.2) is 103 Å². The van der Waals surface area contributed by atoms with Crippen LogP contribution < -0.4 is 19.7 Å². The van der Waals surface area contributed by atoms with Crippen LogP contribution in [0.3, 0.4) is 0 Å². The third kappa shape index (κ3) is 8.44. The van der Waals surface area contributed by atoms with Gasteiger partial charge >= 0.3 is 0 Å². The van der Waals surface area contributed by atoms with E-state index in [9.17, 15) is 18.0 Å². The second-order valence-corrected chi connectivity index (χ2v) is 12.9. The highest BCUT2D eigenvalue weighted by molar-refractivity contribution is 7.92. The fourth-order valence-electron chi connectivity index (χ4n) is 4.18. The van der Waals surface area contributed by atoms with Crippen molar-refractivity contribution < 1.29 is 22.7 Å². The lowest BCUT2D eigenvalue weighted by atomic mass is 9.87. The molecule has 218 valence electrons. The molecule has 0 unspecified atom stereocenters. The summed E-state index contributed by atoms with van der Waals surface area (Å²) in [4.78, 5) is 25.7. The zero-order valence-electron chi connectivity index (χ0n) is 24.1. The smallest absolute Gasteiger partial charge is 0.255 e. The van der Waals surface area contributed by atoms with Crippen LogP contribution in [-0.4, -0.2) is 33.0 Å². The second kappa shape index (κ2) is 12.9. The summed E-state index contributed by atoms with van der Waals surface area (Å²) in [7, 11) is -3.77. The molecule has 9 heteroatoms. The first kappa shape index (κ1) is 30.3. The van der Waals surface area contributed by atoms with E-state index >= 15 is 0 Å². The van der Waals surface area contributed by atoms with E-state index in [0.717, 1.165) is 21.7 Å². The number of carbonyl (C=O) groups is 2. The topological polar surface area (TPSA) is 105 Å². The molecular formula is C33H35N3O5S. The third-order valence-electron chi connectivity index (χ3n) is 6.48. The molecule has 0 heterocycles. The van der Waals surface area contributed by atoms with Crippen molar-refractivity contribution >= 4 is 38.9 Å². The normalized spacial score (nSPS) is 11.4. The summed E-state index contributed by atoms with van der Waals surface area (Å²) in [5.74, 6) is -0.242. The predicted molar refractivity (Wildman–Crippen MR) is 168 cm³/mol. The minimum atomic E-state index is -3.77. The summed E-state index contributed by atoms with van der Waals surface area (Å²) < 4.78 is 31.9. The molecule has 2 N–H and O–H groups in total. The number of benzene rings is 4. The molecule has 0 radical (unpaired) electrons. The van der Waals surface area contributed by atoms with E-state index in [4.69, 9.17) is 4.74 Å². The summed E-state index contributed by atoms with van der Waals surface area (Å²) >= 11 is 0. The Labute approximate surface area is 247 Å². The predicted octanol–water partition coefficient (Wildman–Crippen LogP) is 6.22. The van der Waals surface area contributed by atoms with Crippen LogP contribution in [0.1, 0.15) is 42.3 Å². The van der Waals surface area contributed by atoms with Gasteiger partial charge in [-0.05, 0) is 71.1 Å². The van der Waals surface area contributed by atoms with Crippen molar-refractivity contribution in [2.75, 3.05) is 27.7 Å². The maximum atomic E-state index is 12.9. The molecule has 2 amide bonds. The molecular weight excluding hydrogens is 550 g/mol. The summed E-state index contributed by atoms with van der Waals surface area (Å²) in [6.45, 7) is 6.27. The number of hydrogen-bond donors (Lipinski definition) is 2. The second-order valence-electron chi connectivity index (χ2n) is 10.9. The van der Waals surface area contributed by atoms with Crippen LogP contribution in [0, 0.1) is 0 Å². The Hall–Kier alpha value is -4.63. The monoisotopic (exact) mass is 585 g/mol. The number of hydrogen-bond acceptors (Lipinski definition) is 5. The Morgan fingerprint density at radius 3 is 2.00 bits per heavy atom. The molecule has 8 nitrogen and oxygen atoms in total. The van der Waals surface area contributed by atoms with Gasteiger partial charge in [-0.1, -0.05) is 69.3 Å². The van der Waals surface area contributed by atoms with Gasteiger partial charge in [0.25, 0.3) is 5.91 Å². The Morgan fingerprint density at radius 1 is 0.786 bits per heavy atom. The average molecular weight is 586 g/mol. The number of sulfonamides is 1. The van der Waals surface area contributed by atoms with Crippen molar-refractivity contribution in [1.29, 1.82) is 0 Å². The first-order valence-electron chi connectivity index (χ1n) is 13.4. The van der Waals surface area contributed by atoms with Gasteiger partial charge in [0, 0.05) is 16.9 Å². The van der Waals surface area contributed by atoms with Crippen LogP contribution in [-0.2, 0) is 26.8 Å². The quantitative estimate of drug-likeness (QED) is 0.230. The molecule has 0 fully saturated rings. The fraction of sp³-hybridized carbons (Fsp3) is 0.212. The standard InChI is InChI=1S/C33H35N3O5S/c1-33(2,3)26-15-13-25(14-16-26)32(38)35-28-12-8-11-27(21-28)34-31(37)22-36(42(4,39)40)29-17-19-30(20-18-29)41-23-24-9-6-5-7-10-24/h5-21H,22-23H2,1-4H3,(H,34,37)(H,35,38). The largest absolute Gasteiger partial charge is 0.489 e. The maximum absolute atomic E-state index is 12.9. The Kier molecular flexibility index (Phi) is 9.32. The zero-order chi connectivity index (χ0) is 30.3. The molecule has 0 saturated heterocycles. The van der Waals surface area contributed by atoms with Gasteiger partial charge < -0.3 is 15.4 Å². The van der Waals surface area contributed by atoms with Gasteiger partial charge in [-0.3, -0.25) is 13.9 Å². The molecule has 42 heavy (non-hydrogen) atoms. The van der Waals surface area contributed by atoms with E-state index in [-0.39, 0.29) is 11.3 Å². The van der Waals surface area contributed by atoms with Crippen LogP contribution in [0.2, 0.25) is 0 Å². The maximum Gasteiger partial charge on any atom is 0.255 e. The highest BCUT2D eigenvalue weighted by Crippen LogP contribution is 2.24. The molecule has 0 spiro atoms. The molecule has 0 aliphatic heterocycles. The van der Waals surface area contributed by atoms with Gasteiger partial charge in [-0.2, -0.15) is 0 Å². The Balaban J connectivity index is 1.38. The summed E-state index contributed by atoms with van der Waals surface area (Å²) in [6.07, 6.45) is 1.05. The van der Waals surface area contributed by atoms with E-state index in [0.29, 0.717) is 35.0 Å². The number of anilines is 3. The molecule has 4 aromatic rings. The van der Waals surface area contributed by atoms with Crippen LogP contribution in [0.5, 0.6) is 5.75 Å². The number of amides is 2. The lowest BCUT2D eigenvalue weighted by Gasteiger charge is -2.22.